The molecule has 2 heterocycles. The lowest BCUT2D eigenvalue weighted by atomic mass is 9.87. The van der Waals surface area contributed by atoms with Crippen molar-refractivity contribution in [2.75, 3.05) is 19.6 Å². The number of benzene rings is 2. The van der Waals surface area contributed by atoms with Gasteiger partial charge in [0.1, 0.15) is 6.54 Å². The van der Waals surface area contributed by atoms with Gasteiger partial charge in [0.15, 0.2) is 0 Å². The maximum absolute atomic E-state index is 12.2. The quantitative estimate of drug-likeness (QED) is 0.611. The van der Waals surface area contributed by atoms with E-state index in [1.54, 1.807) is 12.1 Å². The fourth-order valence-electron chi connectivity index (χ4n) is 3.88. The number of amides is 1. The van der Waals surface area contributed by atoms with Crippen molar-refractivity contribution in [1.82, 2.24) is 15.6 Å². The van der Waals surface area contributed by atoms with Gasteiger partial charge in [-0.05, 0) is 55.3 Å². The minimum absolute atomic E-state index is 0.396. The van der Waals surface area contributed by atoms with E-state index in [1.165, 1.54) is 11.1 Å². The first-order chi connectivity index (χ1) is 14.6. The molecule has 1 amide bonds. The second-order valence-electron chi connectivity index (χ2n) is 7.26. The number of nitrogens with one attached hydrogen (secondary N) is 2. The highest BCUT2D eigenvalue weighted by atomic mass is 16.4. The Kier molecular flexibility index (Phi) is 5.86. The highest BCUT2D eigenvalue weighted by Crippen LogP contribution is 2.34. The van der Waals surface area contributed by atoms with Crippen LogP contribution in [0.4, 0.5) is 0 Å². The molecule has 1 saturated heterocycles. The van der Waals surface area contributed by atoms with Gasteiger partial charge in [-0.25, -0.2) is 0 Å². The largest absolute Gasteiger partial charge is 0.480 e. The predicted molar refractivity (Wildman–Crippen MR) is 116 cm³/mol. The standard InChI is InChI=1S/C24H23N3O3/c28-21(29)15-27-24(30)19-8-6-16(7-9-19)22(17-10-13-25-14-11-17)20-5-1-3-18-4-2-12-26-23(18)20/h1-9,12,25H,10-11,13-15H2,(H,27,30)(H,28,29). The van der Waals surface area contributed by atoms with E-state index >= 15 is 0 Å². The number of aliphatic carboxylic acids is 1. The van der Waals surface area contributed by atoms with Crippen LogP contribution in [0.2, 0.25) is 0 Å². The first kappa shape index (κ1) is 19.8. The topological polar surface area (TPSA) is 91.3 Å². The van der Waals surface area contributed by atoms with Crippen molar-refractivity contribution in [2.45, 2.75) is 12.8 Å². The van der Waals surface area contributed by atoms with Crippen molar-refractivity contribution >= 4 is 28.4 Å². The minimum atomic E-state index is -1.07. The van der Waals surface area contributed by atoms with Crippen molar-refractivity contribution < 1.29 is 14.7 Å². The molecule has 0 spiro atoms. The van der Waals surface area contributed by atoms with Crippen molar-refractivity contribution in [1.29, 1.82) is 0 Å². The maximum atomic E-state index is 12.2. The summed E-state index contributed by atoms with van der Waals surface area (Å²) in [5.41, 5.74) is 6.05. The lowest BCUT2D eigenvalue weighted by Gasteiger charge is -2.22. The molecular formula is C24H23N3O3. The number of fused-ring (bicyclic) bond motifs is 1. The number of carboxylic acid groups (broad SMARTS) is 1. The van der Waals surface area contributed by atoms with Gasteiger partial charge in [0, 0.05) is 22.7 Å². The van der Waals surface area contributed by atoms with Gasteiger partial charge in [0.25, 0.3) is 5.91 Å². The van der Waals surface area contributed by atoms with Crippen LogP contribution in [-0.2, 0) is 4.79 Å². The Labute approximate surface area is 174 Å². The molecule has 0 saturated carbocycles. The van der Waals surface area contributed by atoms with E-state index in [4.69, 9.17) is 5.11 Å². The predicted octanol–water partition coefficient (Wildman–Crippen LogP) is 3.23. The molecule has 6 heteroatoms. The van der Waals surface area contributed by atoms with Gasteiger partial charge in [-0.1, -0.05) is 42.0 Å². The number of aromatic nitrogens is 1. The first-order valence-electron chi connectivity index (χ1n) is 10.0. The minimum Gasteiger partial charge on any atom is -0.480 e. The summed E-state index contributed by atoms with van der Waals surface area (Å²) in [6.07, 6.45) is 3.73. The monoisotopic (exact) mass is 401 g/mol. The molecule has 3 N–H and O–H groups in total. The Morgan fingerprint density at radius 3 is 2.40 bits per heavy atom. The number of rotatable bonds is 5. The summed E-state index contributed by atoms with van der Waals surface area (Å²) in [6, 6.07) is 17.6. The van der Waals surface area contributed by atoms with E-state index < -0.39 is 18.4 Å². The van der Waals surface area contributed by atoms with Crippen molar-refractivity contribution in [2.24, 2.45) is 0 Å². The van der Waals surface area contributed by atoms with Crippen LogP contribution in [0.3, 0.4) is 0 Å². The van der Waals surface area contributed by atoms with Gasteiger partial charge in [0.05, 0.1) is 5.52 Å². The van der Waals surface area contributed by atoms with E-state index in [2.05, 4.69) is 39.9 Å². The highest BCUT2D eigenvalue weighted by Gasteiger charge is 2.18. The molecule has 1 fully saturated rings. The third kappa shape index (κ3) is 4.23. The van der Waals surface area contributed by atoms with Gasteiger partial charge in [-0.2, -0.15) is 0 Å². The van der Waals surface area contributed by atoms with Crippen LogP contribution in [0.25, 0.3) is 16.5 Å². The maximum Gasteiger partial charge on any atom is 0.322 e. The Hall–Kier alpha value is -3.51. The third-order valence-electron chi connectivity index (χ3n) is 5.30. The zero-order chi connectivity index (χ0) is 20.9. The van der Waals surface area contributed by atoms with Gasteiger partial charge in [-0.15, -0.1) is 0 Å². The van der Waals surface area contributed by atoms with Crippen LogP contribution in [0.5, 0.6) is 0 Å². The van der Waals surface area contributed by atoms with Gasteiger partial charge < -0.3 is 15.7 Å². The number of carboxylic acids is 1. The van der Waals surface area contributed by atoms with E-state index in [1.807, 2.05) is 24.4 Å². The Morgan fingerprint density at radius 2 is 1.67 bits per heavy atom. The molecule has 0 unspecified atom stereocenters. The highest BCUT2D eigenvalue weighted by molar-refractivity contribution is 5.98. The molecule has 0 radical (unpaired) electrons. The van der Waals surface area contributed by atoms with E-state index in [0.29, 0.717) is 5.56 Å². The average molecular weight is 401 g/mol. The van der Waals surface area contributed by atoms with Crippen LogP contribution in [0.15, 0.2) is 66.4 Å². The smallest absolute Gasteiger partial charge is 0.322 e. The summed E-state index contributed by atoms with van der Waals surface area (Å²) >= 11 is 0. The fourth-order valence-corrected chi connectivity index (χ4v) is 3.88. The molecule has 0 bridgehead atoms. The van der Waals surface area contributed by atoms with Crippen molar-refractivity contribution in [3.8, 4) is 0 Å². The summed E-state index contributed by atoms with van der Waals surface area (Å²) in [7, 11) is 0. The van der Waals surface area contributed by atoms with Crippen LogP contribution in [0.1, 0.15) is 34.3 Å². The number of hydrogen-bond donors (Lipinski definition) is 3. The SMILES string of the molecule is O=C(O)CNC(=O)c1ccc(C(=C2CCNCC2)c2cccc3cccnc23)cc1. The molecule has 1 aliphatic heterocycles. The summed E-state index contributed by atoms with van der Waals surface area (Å²) in [4.78, 5) is 27.5. The zero-order valence-corrected chi connectivity index (χ0v) is 16.5. The molecule has 2 aromatic carbocycles. The summed E-state index contributed by atoms with van der Waals surface area (Å²) in [5, 5.41) is 15.6. The number of carbonyl (C=O) groups excluding carboxylic acids is 1. The molecular weight excluding hydrogens is 378 g/mol. The second-order valence-corrected chi connectivity index (χ2v) is 7.26. The van der Waals surface area contributed by atoms with Gasteiger partial charge in [0.2, 0.25) is 0 Å². The Bertz CT molecular complexity index is 1110. The first-order valence-corrected chi connectivity index (χ1v) is 10.0. The molecule has 152 valence electrons. The normalized spacial score (nSPS) is 13.8. The molecule has 3 aromatic rings. The number of piperidine rings is 1. The van der Waals surface area contributed by atoms with Crippen LogP contribution in [-0.4, -0.2) is 41.6 Å². The number of nitrogens with zero attached hydrogens (tertiary/aromatic N) is 1. The molecule has 6 nitrogen and oxygen atoms in total. The Morgan fingerprint density at radius 1 is 0.967 bits per heavy atom. The fraction of sp³-hybridized carbons (Fsp3) is 0.208. The zero-order valence-electron chi connectivity index (χ0n) is 16.5. The van der Waals surface area contributed by atoms with Crippen LogP contribution >= 0.6 is 0 Å². The number of carbonyl (C=O) groups is 2. The summed E-state index contributed by atoms with van der Waals surface area (Å²) < 4.78 is 0. The third-order valence-corrected chi connectivity index (χ3v) is 5.30. The molecule has 4 rings (SSSR count). The average Bonchev–Trinajstić information content (AvgIpc) is 2.79. The Balaban J connectivity index is 1.76. The number of para-hydroxylation sites is 1. The molecule has 1 aromatic heterocycles. The van der Waals surface area contributed by atoms with Gasteiger partial charge in [-0.3, -0.25) is 14.6 Å². The molecule has 0 atom stereocenters. The van der Waals surface area contributed by atoms with Gasteiger partial charge >= 0.3 is 5.97 Å². The molecule has 1 aliphatic rings. The lowest BCUT2D eigenvalue weighted by molar-refractivity contribution is -0.135. The van der Waals surface area contributed by atoms with Crippen molar-refractivity contribution in [3.05, 3.63) is 83.1 Å². The molecule has 0 aliphatic carbocycles. The number of pyridine rings is 1. The van der Waals surface area contributed by atoms with Crippen LogP contribution in [0, 0.1) is 0 Å². The van der Waals surface area contributed by atoms with Crippen LogP contribution < -0.4 is 10.6 Å². The second kappa shape index (κ2) is 8.88. The summed E-state index contributed by atoms with van der Waals surface area (Å²) in [5.74, 6) is -1.46. The number of hydrogen-bond acceptors (Lipinski definition) is 4. The summed E-state index contributed by atoms with van der Waals surface area (Å²) in [6.45, 7) is 1.48. The van der Waals surface area contributed by atoms with E-state index in [0.717, 1.165) is 48.0 Å². The molecule has 30 heavy (non-hydrogen) atoms. The van der Waals surface area contributed by atoms with E-state index in [9.17, 15) is 9.59 Å². The van der Waals surface area contributed by atoms with E-state index in [-0.39, 0.29) is 0 Å². The van der Waals surface area contributed by atoms with Crippen molar-refractivity contribution in [3.63, 3.8) is 0 Å². The lowest BCUT2D eigenvalue weighted by Crippen LogP contribution is -2.29.